The van der Waals surface area contributed by atoms with Gasteiger partial charge in [0.2, 0.25) is 0 Å². The molecule has 0 aromatic carbocycles. The Labute approximate surface area is 98.5 Å². The number of aromatic nitrogens is 3. The summed E-state index contributed by atoms with van der Waals surface area (Å²) in [6.45, 7) is 11.7. The second kappa shape index (κ2) is 5.43. The summed E-state index contributed by atoms with van der Waals surface area (Å²) in [4.78, 5) is 4.30. The van der Waals surface area contributed by atoms with Gasteiger partial charge in [0, 0.05) is 11.6 Å². The highest BCUT2D eigenvalue weighted by Gasteiger charge is 2.19. The Morgan fingerprint density at radius 1 is 1.38 bits per heavy atom. The Morgan fingerprint density at radius 2 is 2.00 bits per heavy atom. The summed E-state index contributed by atoms with van der Waals surface area (Å²) < 4.78 is 1.97. The third-order valence-corrected chi connectivity index (χ3v) is 3.37. The smallest absolute Gasteiger partial charge is 0.141 e. The van der Waals surface area contributed by atoms with Gasteiger partial charge in [-0.2, -0.15) is 5.10 Å². The first kappa shape index (κ1) is 13.2. The monoisotopic (exact) mass is 224 g/mol. The summed E-state index contributed by atoms with van der Waals surface area (Å²) in [6.07, 6.45) is 3.88. The van der Waals surface area contributed by atoms with Crippen LogP contribution in [0.2, 0.25) is 0 Å². The van der Waals surface area contributed by atoms with Crippen molar-refractivity contribution in [1.82, 2.24) is 20.1 Å². The van der Waals surface area contributed by atoms with Gasteiger partial charge in [0.15, 0.2) is 0 Å². The highest BCUT2D eigenvalue weighted by atomic mass is 15.4. The van der Waals surface area contributed by atoms with Crippen molar-refractivity contribution in [2.75, 3.05) is 0 Å². The van der Waals surface area contributed by atoms with Crippen molar-refractivity contribution in [1.29, 1.82) is 0 Å². The van der Waals surface area contributed by atoms with Gasteiger partial charge in [-0.15, -0.1) is 0 Å². The molecule has 1 aromatic rings. The molecule has 0 aliphatic heterocycles. The van der Waals surface area contributed by atoms with E-state index in [1.54, 1.807) is 6.33 Å². The zero-order valence-electron chi connectivity index (χ0n) is 11.1. The molecule has 0 spiro atoms. The van der Waals surface area contributed by atoms with Gasteiger partial charge in [0.25, 0.3) is 0 Å². The van der Waals surface area contributed by atoms with Crippen LogP contribution in [-0.4, -0.2) is 20.3 Å². The highest BCUT2D eigenvalue weighted by Crippen LogP contribution is 2.14. The first-order valence-corrected chi connectivity index (χ1v) is 6.15. The van der Waals surface area contributed by atoms with Crippen LogP contribution >= 0.6 is 0 Å². The van der Waals surface area contributed by atoms with Crippen LogP contribution in [0, 0.1) is 0 Å². The second-order valence-electron chi connectivity index (χ2n) is 4.84. The topological polar surface area (TPSA) is 42.7 Å². The maximum atomic E-state index is 4.30. The normalized spacial score (nSPS) is 12.4. The van der Waals surface area contributed by atoms with E-state index in [0.717, 1.165) is 25.2 Å². The Kier molecular flexibility index (Phi) is 4.47. The van der Waals surface area contributed by atoms with E-state index >= 15 is 0 Å². The van der Waals surface area contributed by atoms with Crippen molar-refractivity contribution < 1.29 is 0 Å². The summed E-state index contributed by atoms with van der Waals surface area (Å²) in [5.41, 5.74) is 0.202. The van der Waals surface area contributed by atoms with Gasteiger partial charge in [-0.1, -0.05) is 13.8 Å². The minimum atomic E-state index is 0.202. The van der Waals surface area contributed by atoms with Gasteiger partial charge >= 0.3 is 0 Å². The number of hydrogen-bond donors (Lipinski definition) is 1. The molecule has 1 rings (SSSR count). The van der Waals surface area contributed by atoms with E-state index in [0.29, 0.717) is 6.04 Å². The van der Waals surface area contributed by atoms with Crippen molar-refractivity contribution in [3.05, 3.63) is 12.2 Å². The van der Waals surface area contributed by atoms with Crippen LogP contribution in [0.15, 0.2) is 6.33 Å². The SMILES string of the molecule is CCC(C)(CC)NCc1ncnn1C(C)C. The molecule has 92 valence electrons. The lowest BCUT2D eigenvalue weighted by Crippen LogP contribution is -2.41. The van der Waals surface area contributed by atoms with Crippen LogP contribution in [0.1, 0.15) is 59.3 Å². The summed E-state index contributed by atoms with van der Waals surface area (Å²) in [5.74, 6) is 1.02. The first-order valence-electron chi connectivity index (χ1n) is 6.15. The fourth-order valence-corrected chi connectivity index (χ4v) is 1.62. The molecule has 0 amide bonds. The van der Waals surface area contributed by atoms with Crippen LogP contribution in [0.4, 0.5) is 0 Å². The molecule has 0 saturated heterocycles. The lowest BCUT2D eigenvalue weighted by Gasteiger charge is -2.28. The lowest BCUT2D eigenvalue weighted by molar-refractivity contribution is 0.320. The van der Waals surface area contributed by atoms with Crippen LogP contribution in [-0.2, 0) is 6.54 Å². The molecule has 0 radical (unpaired) electrons. The third-order valence-electron chi connectivity index (χ3n) is 3.37. The Morgan fingerprint density at radius 3 is 2.50 bits per heavy atom. The molecule has 1 aromatic heterocycles. The van der Waals surface area contributed by atoms with Crippen LogP contribution in [0.25, 0.3) is 0 Å². The molecule has 1 N–H and O–H groups in total. The van der Waals surface area contributed by atoms with E-state index in [1.165, 1.54) is 0 Å². The maximum Gasteiger partial charge on any atom is 0.141 e. The Bertz CT molecular complexity index is 313. The van der Waals surface area contributed by atoms with Gasteiger partial charge < -0.3 is 5.32 Å². The number of hydrogen-bond acceptors (Lipinski definition) is 3. The average Bonchev–Trinajstić information content (AvgIpc) is 2.74. The van der Waals surface area contributed by atoms with Crippen LogP contribution in [0.5, 0.6) is 0 Å². The zero-order valence-corrected chi connectivity index (χ0v) is 11.1. The second-order valence-corrected chi connectivity index (χ2v) is 4.84. The van der Waals surface area contributed by atoms with Crippen LogP contribution in [0.3, 0.4) is 0 Å². The van der Waals surface area contributed by atoms with E-state index in [4.69, 9.17) is 0 Å². The summed E-state index contributed by atoms with van der Waals surface area (Å²) in [7, 11) is 0. The van der Waals surface area contributed by atoms with E-state index in [-0.39, 0.29) is 5.54 Å². The van der Waals surface area contributed by atoms with E-state index in [2.05, 4.69) is 50.0 Å². The number of rotatable bonds is 6. The van der Waals surface area contributed by atoms with Crippen LogP contribution < -0.4 is 5.32 Å². The van der Waals surface area contributed by atoms with Crippen molar-refractivity contribution in [3.63, 3.8) is 0 Å². The molecular weight excluding hydrogens is 200 g/mol. The predicted molar refractivity (Wildman–Crippen MR) is 66.2 cm³/mol. The van der Waals surface area contributed by atoms with Gasteiger partial charge in [-0.25, -0.2) is 9.67 Å². The molecule has 0 fully saturated rings. The van der Waals surface area contributed by atoms with Crippen molar-refractivity contribution >= 4 is 0 Å². The summed E-state index contributed by atoms with van der Waals surface area (Å²) >= 11 is 0. The molecule has 16 heavy (non-hydrogen) atoms. The molecule has 0 atom stereocenters. The molecule has 0 aliphatic carbocycles. The number of nitrogens with one attached hydrogen (secondary N) is 1. The standard InChI is InChI=1S/C12H24N4/c1-6-12(5,7-2)14-8-11-13-9-15-16(11)10(3)4/h9-10,14H,6-8H2,1-5H3. The Balaban J connectivity index is 2.64. The molecule has 0 bridgehead atoms. The average molecular weight is 224 g/mol. The first-order chi connectivity index (χ1) is 7.52. The molecule has 4 heteroatoms. The molecule has 0 saturated carbocycles. The third kappa shape index (κ3) is 3.04. The summed E-state index contributed by atoms with van der Waals surface area (Å²) in [6, 6.07) is 0.369. The number of nitrogens with zero attached hydrogens (tertiary/aromatic N) is 3. The minimum Gasteiger partial charge on any atom is -0.305 e. The maximum absolute atomic E-state index is 4.30. The molecule has 1 heterocycles. The van der Waals surface area contributed by atoms with E-state index in [1.807, 2.05) is 4.68 Å². The highest BCUT2D eigenvalue weighted by molar-refractivity contribution is 4.89. The van der Waals surface area contributed by atoms with Crippen molar-refractivity contribution in [3.8, 4) is 0 Å². The zero-order chi connectivity index (χ0) is 12.2. The molecule has 0 unspecified atom stereocenters. The minimum absolute atomic E-state index is 0.202. The summed E-state index contributed by atoms with van der Waals surface area (Å²) in [5, 5.41) is 7.80. The van der Waals surface area contributed by atoms with Crippen molar-refractivity contribution in [2.24, 2.45) is 0 Å². The quantitative estimate of drug-likeness (QED) is 0.807. The van der Waals surface area contributed by atoms with E-state index < -0.39 is 0 Å². The fraction of sp³-hybridized carbons (Fsp3) is 0.833. The van der Waals surface area contributed by atoms with Gasteiger partial charge in [-0.05, 0) is 33.6 Å². The Hall–Kier alpha value is -0.900. The molecular formula is C12H24N4. The molecule has 4 nitrogen and oxygen atoms in total. The largest absolute Gasteiger partial charge is 0.305 e. The van der Waals surface area contributed by atoms with Crippen molar-refractivity contribution in [2.45, 2.75) is 65.6 Å². The van der Waals surface area contributed by atoms with E-state index in [9.17, 15) is 0 Å². The fourth-order valence-electron chi connectivity index (χ4n) is 1.62. The predicted octanol–water partition coefficient (Wildman–Crippen LogP) is 2.53. The molecule has 0 aliphatic rings. The van der Waals surface area contributed by atoms with Gasteiger partial charge in [-0.3, -0.25) is 0 Å². The van der Waals surface area contributed by atoms with Gasteiger partial charge in [0.05, 0.1) is 6.54 Å². The lowest BCUT2D eigenvalue weighted by atomic mass is 9.96. The van der Waals surface area contributed by atoms with Gasteiger partial charge in [0.1, 0.15) is 12.2 Å².